The largest absolute Gasteiger partial charge is 0.334 e. The molecule has 0 saturated carbocycles. The van der Waals surface area contributed by atoms with Gasteiger partial charge in [-0.15, -0.1) is 0 Å². The highest BCUT2D eigenvalue weighted by Gasteiger charge is 2.25. The molecule has 0 aliphatic carbocycles. The molecule has 0 bridgehead atoms. The van der Waals surface area contributed by atoms with Gasteiger partial charge in [0.15, 0.2) is 0 Å². The summed E-state index contributed by atoms with van der Waals surface area (Å²) in [5, 5.41) is 6.97. The van der Waals surface area contributed by atoms with Gasteiger partial charge in [0.1, 0.15) is 0 Å². The molecule has 150 valence electrons. The Labute approximate surface area is 169 Å². The third-order valence-electron chi connectivity index (χ3n) is 5.12. The number of carbonyl (C=O) groups excluding carboxylic acids is 1. The molecule has 2 heterocycles. The van der Waals surface area contributed by atoms with Gasteiger partial charge < -0.3 is 4.90 Å². The average molecular weight is 410 g/mol. The Hall–Kier alpha value is -3.13. The van der Waals surface area contributed by atoms with E-state index >= 15 is 0 Å². The fourth-order valence-corrected chi connectivity index (χ4v) is 4.76. The maximum Gasteiger partial charge on any atom is 0.262 e. The van der Waals surface area contributed by atoms with Gasteiger partial charge >= 0.3 is 0 Å². The predicted octanol–water partition coefficient (Wildman–Crippen LogP) is 3.03. The van der Waals surface area contributed by atoms with Crippen molar-refractivity contribution >= 4 is 21.6 Å². The van der Waals surface area contributed by atoms with E-state index in [2.05, 4.69) is 14.9 Å². The van der Waals surface area contributed by atoms with E-state index in [-0.39, 0.29) is 10.8 Å². The van der Waals surface area contributed by atoms with Crippen LogP contribution in [0.5, 0.6) is 0 Å². The van der Waals surface area contributed by atoms with Crippen molar-refractivity contribution in [2.75, 3.05) is 11.3 Å². The van der Waals surface area contributed by atoms with Crippen LogP contribution < -0.4 is 4.72 Å². The first kappa shape index (κ1) is 19.2. The number of aromatic amines is 1. The van der Waals surface area contributed by atoms with E-state index in [1.165, 1.54) is 6.07 Å². The van der Waals surface area contributed by atoms with Crippen LogP contribution >= 0.6 is 0 Å². The van der Waals surface area contributed by atoms with Crippen LogP contribution in [0.2, 0.25) is 0 Å². The van der Waals surface area contributed by atoms with Gasteiger partial charge in [-0.1, -0.05) is 23.8 Å². The van der Waals surface area contributed by atoms with Crippen LogP contribution in [-0.4, -0.2) is 36.0 Å². The number of hydrogen-bond donors (Lipinski definition) is 2. The monoisotopic (exact) mass is 410 g/mol. The number of nitrogens with one attached hydrogen (secondary N) is 2. The number of H-pyrrole nitrogens is 1. The van der Waals surface area contributed by atoms with Gasteiger partial charge in [-0.2, -0.15) is 5.10 Å². The smallest absolute Gasteiger partial charge is 0.262 e. The number of fused-ring (bicyclic) bond motifs is 1. The van der Waals surface area contributed by atoms with Crippen molar-refractivity contribution in [3.8, 4) is 0 Å². The second-order valence-electron chi connectivity index (χ2n) is 7.30. The van der Waals surface area contributed by atoms with Crippen LogP contribution in [0.1, 0.15) is 32.7 Å². The number of aryl methyl sites for hydroxylation is 2. The van der Waals surface area contributed by atoms with Crippen molar-refractivity contribution < 1.29 is 13.2 Å². The van der Waals surface area contributed by atoms with Gasteiger partial charge in [0, 0.05) is 42.0 Å². The number of nitrogens with zero attached hydrogens (tertiary/aromatic N) is 2. The number of carbonyl (C=O) groups is 1. The minimum Gasteiger partial charge on any atom is -0.334 e. The first-order valence-electron chi connectivity index (χ1n) is 9.34. The lowest BCUT2D eigenvalue weighted by molar-refractivity contribution is 0.0734. The van der Waals surface area contributed by atoms with Crippen LogP contribution in [0.4, 0.5) is 5.69 Å². The van der Waals surface area contributed by atoms with E-state index in [9.17, 15) is 13.2 Å². The predicted molar refractivity (Wildman–Crippen MR) is 110 cm³/mol. The zero-order chi connectivity index (χ0) is 20.6. The van der Waals surface area contributed by atoms with Crippen LogP contribution in [0.15, 0.2) is 53.6 Å². The summed E-state index contributed by atoms with van der Waals surface area (Å²) in [5.74, 6) is -0.191. The van der Waals surface area contributed by atoms with Gasteiger partial charge in [-0.25, -0.2) is 8.42 Å². The highest BCUT2D eigenvalue weighted by molar-refractivity contribution is 7.92. The second kappa shape index (κ2) is 7.36. The molecular weight excluding hydrogens is 388 g/mol. The maximum atomic E-state index is 13.0. The number of amides is 1. The summed E-state index contributed by atoms with van der Waals surface area (Å²) in [6, 6.07) is 11.9. The van der Waals surface area contributed by atoms with Crippen molar-refractivity contribution in [2.24, 2.45) is 0 Å². The molecule has 1 amide bonds. The molecule has 0 atom stereocenters. The summed E-state index contributed by atoms with van der Waals surface area (Å²) in [4.78, 5) is 14.8. The third-order valence-corrected chi connectivity index (χ3v) is 6.64. The summed E-state index contributed by atoms with van der Waals surface area (Å²) < 4.78 is 28.5. The number of aromatic nitrogens is 2. The van der Waals surface area contributed by atoms with E-state index < -0.39 is 10.0 Å². The first-order chi connectivity index (χ1) is 13.8. The van der Waals surface area contributed by atoms with Crippen molar-refractivity contribution in [3.63, 3.8) is 0 Å². The Morgan fingerprint density at radius 1 is 1.14 bits per heavy atom. The number of rotatable bonds is 4. The lowest BCUT2D eigenvalue weighted by Crippen LogP contribution is -2.35. The summed E-state index contributed by atoms with van der Waals surface area (Å²) in [5.41, 5.74) is 4.49. The van der Waals surface area contributed by atoms with Gasteiger partial charge in [0.05, 0.1) is 11.1 Å². The number of anilines is 1. The molecule has 0 fully saturated rings. The third kappa shape index (κ3) is 3.88. The zero-order valence-corrected chi connectivity index (χ0v) is 17.1. The average Bonchev–Trinajstić information content (AvgIpc) is 3.17. The molecule has 2 aromatic carbocycles. The lowest BCUT2D eigenvalue weighted by atomic mass is 10.1. The van der Waals surface area contributed by atoms with Crippen LogP contribution in [-0.2, 0) is 23.0 Å². The topological polar surface area (TPSA) is 95.2 Å². The fourth-order valence-electron chi connectivity index (χ4n) is 3.43. The number of sulfonamides is 1. The number of hydrogen-bond acceptors (Lipinski definition) is 4. The van der Waals surface area contributed by atoms with Crippen LogP contribution in [0.3, 0.4) is 0 Å². The van der Waals surface area contributed by atoms with Gasteiger partial charge in [-0.05, 0) is 43.7 Å². The van der Waals surface area contributed by atoms with Crippen molar-refractivity contribution in [1.82, 2.24) is 15.1 Å². The lowest BCUT2D eigenvalue weighted by Gasteiger charge is -2.26. The minimum atomic E-state index is -3.82. The Kier molecular flexibility index (Phi) is 4.87. The highest BCUT2D eigenvalue weighted by atomic mass is 32.2. The zero-order valence-electron chi connectivity index (χ0n) is 16.3. The Morgan fingerprint density at radius 3 is 2.66 bits per heavy atom. The summed E-state index contributed by atoms with van der Waals surface area (Å²) in [6.45, 7) is 4.68. The Balaban J connectivity index is 1.60. The molecule has 0 radical (unpaired) electrons. The van der Waals surface area contributed by atoms with E-state index in [4.69, 9.17) is 0 Å². The van der Waals surface area contributed by atoms with Gasteiger partial charge in [-0.3, -0.25) is 14.6 Å². The molecular formula is C21H22N4O3S. The Morgan fingerprint density at radius 2 is 1.90 bits per heavy atom. The molecule has 2 N–H and O–H groups in total. The normalized spacial score (nSPS) is 13.8. The molecule has 29 heavy (non-hydrogen) atoms. The molecule has 1 aromatic heterocycles. The molecule has 7 nitrogen and oxygen atoms in total. The molecule has 1 aliphatic rings. The SMILES string of the molecule is Cc1ccc(NS(=O)(=O)c2cc(C(=O)N3CCc4[nH]ncc4C3)ccc2C)cc1. The first-order valence-corrected chi connectivity index (χ1v) is 10.8. The number of benzene rings is 2. The standard InChI is InChI=1S/C21H22N4O3S/c1-14-3-7-18(8-4-14)24-29(27,28)20-11-16(6-5-15(20)2)21(26)25-10-9-19-17(13-25)12-22-23-19/h3-8,11-12,24H,9-10,13H2,1-2H3,(H,22,23). The molecule has 4 rings (SSSR count). The van der Waals surface area contributed by atoms with Crippen molar-refractivity contribution in [1.29, 1.82) is 0 Å². The Bertz CT molecular complexity index is 1170. The summed E-state index contributed by atoms with van der Waals surface area (Å²) in [6.07, 6.45) is 2.43. The fraction of sp³-hybridized carbons (Fsp3) is 0.238. The van der Waals surface area contributed by atoms with Crippen LogP contribution in [0, 0.1) is 13.8 Å². The maximum absolute atomic E-state index is 13.0. The molecule has 0 unspecified atom stereocenters. The molecule has 8 heteroatoms. The van der Waals surface area contributed by atoms with E-state index in [0.717, 1.165) is 16.8 Å². The molecule has 1 aliphatic heterocycles. The second-order valence-corrected chi connectivity index (χ2v) is 8.95. The van der Waals surface area contributed by atoms with Crippen molar-refractivity contribution in [2.45, 2.75) is 31.7 Å². The highest BCUT2D eigenvalue weighted by Crippen LogP contribution is 2.24. The molecule has 0 spiro atoms. The van der Waals surface area contributed by atoms with E-state index in [1.54, 1.807) is 42.3 Å². The minimum absolute atomic E-state index is 0.102. The molecule has 3 aromatic rings. The van der Waals surface area contributed by atoms with Gasteiger partial charge in [0.25, 0.3) is 15.9 Å². The van der Waals surface area contributed by atoms with E-state index in [0.29, 0.717) is 36.3 Å². The molecule has 0 saturated heterocycles. The summed E-state index contributed by atoms with van der Waals surface area (Å²) >= 11 is 0. The van der Waals surface area contributed by atoms with Crippen LogP contribution in [0.25, 0.3) is 0 Å². The van der Waals surface area contributed by atoms with Gasteiger partial charge in [0.2, 0.25) is 0 Å². The summed E-state index contributed by atoms with van der Waals surface area (Å²) in [7, 11) is -3.82. The van der Waals surface area contributed by atoms with Crippen molar-refractivity contribution in [3.05, 3.63) is 76.6 Å². The van der Waals surface area contributed by atoms with E-state index in [1.807, 2.05) is 19.1 Å². The quantitative estimate of drug-likeness (QED) is 0.691.